The van der Waals surface area contributed by atoms with E-state index in [1.165, 1.54) is 0 Å². The molecule has 0 heterocycles. The maximum absolute atomic E-state index is 12.7. The van der Waals surface area contributed by atoms with Crippen LogP contribution < -0.4 is 4.65 Å². The van der Waals surface area contributed by atoms with E-state index in [4.69, 9.17) is 10.0 Å². The number of hydrogen-bond donors (Lipinski definition) is 2. The molecule has 0 aliphatic rings. The molecule has 1 aromatic carbocycles. The average Bonchev–Trinajstić information content (AvgIpc) is 2.31. The van der Waals surface area contributed by atoms with E-state index in [2.05, 4.69) is 44.4 Å². The van der Waals surface area contributed by atoms with Gasteiger partial charge in [-0.15, -0.1) is 0 Å². The number of hydrogen-bond acceptors (Lipinski definition) is 4. The number of nitrogens with zero attached hydrogens (tertiary/aromatic N) is 1. The lowest BCUT2D eigenvalue weighted by Gasteiger charge is -2.27. The minimum Gasteiger partial charge on any atom is -0.507 e. The van der Waals surface area contributed by atoms with Crippen LogP contribution in [-0.2, 0) is 0 Å². The van der Waals surface area contributed by atoms with E-state index in [1.54, 1.807) is 0 Å². The van der Waals surface area contributed by atoms with Crippen LogP contribution in [0.2, 0.25) is 0 Å². The lowest BCUT2D eigenvalue weighted by Crippen LogP contribution is -2.34. The molecular formula is C12H18BF4NO3. The zero-order chi connectivity index (χ0) is 17.0. The third-order valence-corrected chi connectivity index (χ3v) is 2.64. The normalized spacial score (nSPS) is 11.0. The van der Waals surface area contributed by atoms with Crippen molar-refractivity contribution >= 4 is 7.32 Å². The summed E-state index contributed by atoms with van der Waals surface area (Å²) >= 11 is 0. The van der Waals surface area contributed by atoms with Gasteiger partial charge in [0.25, 0.3) is 0 Å². The van der Waals surface area contributed by atoms with Crippen LogP contribution in [0.1, 0.15) is 20.8 Å². The second kappa shape index (κ2) is 7.62. The van der Waals surface area contributed by atoms with E-state index in [-0.39, 0.29) is 6.07 Å². The van der Waals surface area contributed by atoms with Gasteiger partial charge in [0.1, 0.15) is 0 Å². The van der Waals surface area contributed by atoms with Crippen LogP contribution in [0.15, 0.2) is 6.07 Å². The molecular weight excluding hydrogens is 293 g/mol. The van der Waals surface area contributed by atoms with Gasteiger partial charge in [-0.2, -0.15) is 4.39 Å². The summed E-state index contributed by atoms with van der Waals surface area (Å²) in [5.41, 5.74) is 0.333. The molecule has 1 rings (SSSR count). The first-order chi connectivity index (χ1) is 9.37. The summed E-state index contributed by atoms with van der Waals surface area (Å²) in [6.07, 6.45) is 0. The topological polar surface area (TPSA) is 52.9 Å². The van der Waals surface area contributed by atoms with Gasteiger partial charge >= 0.3 is 7.32 Å². The third kappa shape index (κ3) is 6.32. The molecule has 120 valence electrons. The standard InChI is InChI=1S/C6H3BF4O3.C6H15N/c8-2-1-3(9)6(14-7(12)13)5(11)4(2)10;1-6(2,3)7(4)5/h1,12-13H;1-5H3. The van der Waals surface area contributed by atoms with E-state index in [0.29, 0.717) is 5.54 Å². The summed E-state index contributed by atoms with van der Waals surface area (Å²) in [5, 5.41) is 16.4. The summed E-state index contributed by atoms with van der Waals surface area (Å²) in [5.74, 6) is -8.62. The van der Waals surface area contributed by atoms with E-state index < -0.39 is 36.3 Å². The van der Waals surface area contributed by atoms with Crippen molar-refractivity contribution in [1.29, 1.82) is 0 Å². The summed E-state index contributed by atoms with van der Waals surface area (Å²) < 4.78 is 53.9. The maximum atomic E-state index is 12.7. The highest BCUT2D eigenvalue weighted by atomic mass is 19.2. The largest absolute Gasteiger partial charge is 0.707 e. The Hall–Kier alpha value is -1.32. The van der Waals surface area contributed by atoms with Crippen molar-refractivity contribution in [3.8, 4) is 5.75 Å². The molecule has 0 unspecified atom stereocenters. The summed E-state index contributed by atoms with van der Waals surface area (Å²) in [4.78, 5) is 2.19. The van der Waals surface area contributed by atoms with Crippen LogP contribution in [0.25, 0.3) is 0 Å². The first-order valence-corrected chi connectivity index (χ1v) is 5.91. The number of benzene rings is 1. The predicted octanol–water partition coefficient (Wildman–Crippen LogP) is 1.94. The minimum atomic E-state index is -2.52. The van der Waals surface area contributed by atoms with E-state index in [0.717, 1.165) is 0 Å². The fourth-order valence-corrected chi connectivity index (χ4v) is 0.763. The van der Waals surface area contributed by atoms with Crippen molar-refractivity contribution in [2.24, 2.45) is 0 Å². The van der Waals surface area contributed by atoms with Crippen molar-refractivity contribution in [2.45, 2.75) is 26.3 Å². The van der Waals surface area contributed by atoms with Crippen LogP contribution in [0.4, 0.5) is 17.6 Å². The quantitative estimate of drug-likeness (QED) is 0.379. The Morgan fingerprint density at radius 3 is 1.76 bits per heavy atom. The van der Waals surface area contributed by atoms with Gasteiger partial charge in [0.05, 0.1) is 0 Å². The molecule has 0 saturated carbocycles. The molecule has 1 aromatic rings. The second-order valence-electron chi connectivity index (χ2n) is 5.31. The molecule has 0 fully saturated rings. The lowest BCUT2D eigenvalue weighted by atomic mass is 10.1. The molecule has 0 bridgehead atoms. The zero-order valence-electron chi connectivity index (χ0n) is 12.4. The smallest absolute Gasteiger partial charge is 0.507 e. The molecule has 2 N–H and O–H groups in total. The van der Waals surface area contributed by atoms with Gasteiger partial charge in [-0.1, -0.05) is 0 Å². The monoisotopic (exact) mass is 311 g/mol. The van der Waals surface area contributed by atoms with Crippen molar-refractivity contribution in [1.82, 2.24) is 4.90 Å². The molecule has 0 amide bonds. The summed E-state index contributed by atoms with van der Waals surface area (Å²) in [6.45, 7) is 6.56. The minimum absolute atomic E-state index is 0.0239. The molecule has 0 atom stereocenters. The Morgan fingerprint density at radius 1 is 1.00 bits per heavy atom. The Morgan fingerprint density at radius 2 is 1.43 bits per heavy atom. The van der Waals surface area contributed by atoms with Crippen LogP contribution >= 0.6 is 0 Å². The Balaban J connectivity index is 0.000000486. The molecule has 4 nitrogen and oxygen atoms in total. The van der Waals surface area contributed by atoms with Gasteiger partial charge in [-0.05, 0) is 34.9 Å². The van der Waals surface area contributed by atoms with E-state index >= 15 is 0 Å². The Labute approximate surface area is 121 Å². The molecule has 9 heteroatoms. The lowest BCUT2D eigenvalue weighted by molar-refractivity contribution is 0.219. The highest BCUT2D eigenvalue weighted by Gasteiger charge is 2.24. The van der Waals surface area contributed by atoms with Gasteiger partial charge in [0.15, 0.2) is 23.2 Å². The van der Waals surface area contributed by atoms with E-state index in [1.807, 2.05) is 0 Å². The van der Waals surface area contributed by atoms with Crippen LogP contribution in [0, 0.1) is 23.3 Å². The third-order valence-electron chi connectivity index (χ3n) is 2.64. The molecule has 0 aliphatic carbocycles. The van der Waals surface area contributed by atoms with Gasteiger partial charge in [0, 0.05) is 11.6 Å². The number of halogens is 4. The van der Waals surface area contributed by atoms with Crippen LogP contribution in [-0.4, -0.2) is 41.9 Å². The van der Waals surface area contributed by atoms with Crippen molar-refractivity contribution in [3.05, 3.63) is 29.3 Å². The van der Waals surface area contributed by atoms with Crippen LogP contribution in [0.3, 0.4) is 0 Å². The van der Waals surface area contributed by atoms with Crippen molar-refractivity contribution in [2.75, 3.05) is 14.1 Å². The SMILES string of the molecule is CN(C)C(C)(C)C.OB(O)Oc1c(F)cc(F)c(F)c1F. The highest BCUT2D eigenvalue weighted by Crippen LogP contribution is 2.25. The van der Waals surface area contributed by atoms with Gasteiger partial charge < -0.3 is 19.6 Å². The zero-order valence-corrected chi connectivity index (χ0v) is 12.4. The first kappa shape index (κ1) is 19.7. The highest BCUT2D eigenvalue weighted by molar-refractivity contribution is 6.33. The molecule has 0 aliphatic heterocycles. The van der Waals surface area contributed by atoms with Gasteiger partial charge in [-0.3, -0.25) is 0 Å². The molecule has 0 radical (unpaired) electrons. The molecule has 21 heavy (non-hydrogen) atoms. The summed E-state index contributed by atoms with van der Waals surface area (Å²) in [7, 11) is 1.64. The van der Waals surface area contributed by atoms with Gasteiger partial charge in [-0.25, -0.2) is 13.2 Å². The average molecular weight is 311 g/mol. The maximum Gasteiger partial charge on any atom is 0.707 e. The second-order valence-corrected chi connectivity index (χ2v) is 5.31. The molecule has 0 saturated heterocycles. The Bertz CT molecular complexity index is 479. The fraction of sp³-hybridized carbons (Fsp3) is 0.500. The first-order valence-electron chi connectivity index (χ1n) is 5.91. The van der Waals surface area contributed by atoms with Gasteiger partial charge in [0.2, 0.25) is 5.82 Å². The number of rotatable bonds is 2. The van der Waals surface area contributed by atoms with E-state index in [9.17, 15) is 17.6 Å². The summed E-state index contributed by atoms with van der Waals surface area (Å²) in [6, 6.07) is 0.0239. The van der Waals surface area contributed by atoms with Crippen molar-refractivity contribution in [3.63, 3.8) is 0 Å². The predicted molar refractivity (Wildman–Crippen MR) is 70.5 cm³/mol. The van der Waals surface area contributed by atoms with Crippen molar-refractivity contribution < 1.29 is 32.3 Å². The molecule has 0 spiro atoms. The molecule has 0 aromatic heterocycles. The fourth-order valence-electron chi connectivity index (χ4n) is 0.763. The Kier molecular flexibility index (Phi) is 7.15. The van der Waals surface area contributed by atoms with Crippen LogP contribution in [0.5, 0.6) is 5.75 Å².